The van der Waals surface area contributed by atoms with E-state index in [1.807, 2.05) is 12.1 Å². The molecule has 0 fully saturated rings. The van der Waals surface area contributed by atoms with Crippen molar-refractivity contribution >= 4 is 5.97 Å². The lowest BCUT2D eigenvalue weighted by Crippen LogP contribution is -2.47. The highest BCUT2D eigenvalue weighted by atomic mass is 16.4. The van der Waals surface area contributed by atoms with Crippen molar-refractivity contribution in [3.8, 4) is 0 Å². The van der Waals surface area contributed by atoms with Gasteiger partial charge in [-0.1, -0.05) is 0 Å². The minimum absolute atomic E-state index is 0.623. The van der Waals surface area contributed by atoms with E-state index in [0.29, 0.717) is 6.42 Å². The van der Waals surface area contributed by atoms with Gasteiger partial charge in [-0.2, -0.15) is 0 Å². The maximum atomic E-state index is 11.2. The molecule has 2 N–H and O–H groups in total. The predicted octanol–water partition coefficient (Wildman–Crippen LogP) is 1.40. The molecule has 0 bridgehead atoms. The van der Waals surface area contributed by atoms with Crippen LogP contribution < -0.4 is 5.32 Å². The SMILES string of the molecule is CNC(C)(CCCN(C)CCc1ccncc1)C(=O)O. The maximum absolute atomic E-state index is 11.2. The molecule has 0 saturated heterocycles. The summed E-state index contributed by atoms with van der Waals surface area (Å²) in [5.74, 6) is -0.792. The van der Waals surface area contributed by atoms with Crippen molar-refractivity contribution in [3.05, 3.63) is 30.1 Å². The van der Waals surface area contributed by atoms with Crippen LogP contribution in [-0.4, -0.2) is 53.7 Å². The van der Waals surface area contributed by atoms with E-state index in [-0.39, 0.29) is 0 Å². The Balaban J connectivity index is 2.26. The molecule has 0 aliphatic carbocycles. The molecule has 1 rings (SSSR count). The van der Waals surface area contributed by atoms with Gasteiger partial charge in [-0.3, -0.25) is 9.78 Å². The molecule has 0 amide bonds. The molecule has 1 heterocycles. The minimum Gasteiger partial charge on any atom is -0.480 e. The average molecular weight is 279 g/mol. The molecule has 20 heavy (non-hydrogen) atoms. The number of aromatic nitrogens is 1. The summed E-state index contributed by atoms with van der Waals surface area (Å²) < 4.78 is 0. The Morgan fingerprint density at radius 3 is 2.60 bits per heavy atom. The number of nitrogens with zero attached hydrogens (tertiary/aromatic N) is 2. The normalized spacial score (nSPS) is 14.2. The number of carbonyl (C=O) groups is 1. The van der Waals surface area contributed by atoms with E-state index in [2.05, 4.69) is 22.2 Å². The van der Waals surface area contributed by atoms with Gasteiger partial charge in [0.25, 0.3) is 0 Å². The van der Waals surface area contributed by atoms with Crippen molar-refractivity contribution in [2.45, 2.75) is 31.7 Å². The lowest BCUT2D eigenvalue weighted by Gasteiger charge is -2.25. The molecule has 0 spiro atoms. The van der Waals surface area contributed by atoms with Gasteiger partial charge in [0.05, 0.1) is 0 Å². The fourth-order valence-electron chi connectivity index (χ4n) is 2.02. The summed E-state index contributed by atoms with van der Waals surface area (Å²) in [6.07, 6.45) is 6.08. The van der Waals surface area contributed by atoms with Crippen LogP contribution in [0.25, 0.3) is 0 Å². The first kappa shape index (κ1) is 16.6. The highest BCUT2D eigenvalue weighted by Gasteiger charge is 2.30. The largest absolute Gasteiger partial charge is 0.480 e. The molecule has 5 heteroatoms. The van der Waals surface area contributed by atoms with Gasteiger partial charge >= 0.3 is 5.97 Å². The van der Waals surface area contributed by atoms with Crippen molar-refractivity contribution in [1.82, 2.24) is 15.2 Å². The molecular formula is C15H25N3O2. The van der Waals surface area contributed by atoms with Gasteiger partial charge in [-0.15, -0.1) is 0 Å². The quantitative estimate of drug-likeness (QED) is 0.715. The average Bonchev–Trinajstić information content (AvgIpc) is 2.45. The lowest BCUT2D eigenvalue weighted by molar-refractivity contribution is -0.144. The van der Waals surface area contributed by atoms with Crippen LogP contribution in [0.1, 0.15) is 25.3 Å². The molecule has 1 atom stereocenters. The first-order chi connectivity index (χ1) is 9.48. The molecule has 1 unspecified atom stereocenters. The van der Waals surface area contributed by atoms with E-state index in [9.17, 15) is 4.79 Å². The van der Waals surface area contributed by atoms with Crippen LogP contribution in [-0.2, 0) is 11.2 Å². The molecule has 1 aromatic heterocycles. The predicted molar refractivity (Wildman–Crippen MR) is 79.8 cm³/mol. The minimum atomic E-state index is -0.827. The molecule has 0 aromatic carbocycles. The number of likely N-dealkylation sites (N-methyl/N-ethyl adjacent to an activating group) is 2. The molecule has 0 saturated carbocycles. The van der Waals surface area contributed by atoms with Crippen molar-refractivity contribution in [1.29, 1.82) is 0 Å². The second-order valence-corrected chi connectivity index (χ2v) is 5.40. The van der Waals surface area contributed by atoms with Crippen LogP contribution >= 0.6 is 0 Å². The van der Waals surface area contributed by atoms with Gasteiger partial charge in [-0.05, 0) is 64.5 Å². The van der Waals surface area contributed by atoms with Crippen LogP contribution in [0, 0.1) is 0 Å². The Morgan fingerprint density at radius 1 is 1.40 bits per heavy atom. The van der Waals surface area contributed by atoms with Crippen LogP contribution in [0.3, 0.4) is 0 Å². The topological polar surface area (TPSA) is 65.5 Å². The van der Waals surface area contributed by atoms with Crippen LogP contribution in [0.2, 0.25) is 0 Å². The third-order valence-corrected chi connectivity index (χ3v) is 3.77. The van der Waals surface area contributed by atoms with Crippen molar-refractivity contribution < 1.29 is 9.90 Å². The monoisotopic (exact) mass is 279 g/mol. The van der Waals surface area contributed by atoms with Gasteiger partial charge in [0.2, 0.25) is 0 Å². The summed E-state index contributed by atoms with van der Waals surface area (Å²) >= 11 is 0. The standard InChI is InChI=1S/C15H25N3O2/c1-15(16-2,14(19)20)8-4-11-18(3)12-7-13-5-9-17-10-6-13/h5-6,9-10,16H,4,7-8,11-12H2,1-3H3,(H,19,20). The molecule has 0 aliphatic rings. The van der Waals surface area contributed by atoms with Crippen molar-refractivity contribution in [3.63, 3.8) is 0 Å². The van der Waals surface area contributed by atoms with Gasteiger partial charge < -0.3 is 15.3 Å². The fraction of sp³-hybridized carbons (Fsp3) is 0.600. The molecule has 112 valence electrons. The van der Waals surface area contributed by atoms with Crippen LogP contribution in [0.15, 0.2) is 24.5 Å². The van der Waals surface area contributed by atoms with E-state index in [4.69, 9.17) is 5.11 Å². The second-order valence-electron chi connectivity index (χ2n) is 5.40. The Morgan fingerprint density at radius 2 is 2.05 bits per heavy atom. The Hall–Kier alpha value is -1.46. The van der Waals surface area contributed by atoms with Gasteiger partial charge in [0.15, 0.2) is 0 Å². The third-order valence-electron chi connectivity index (χ3n) is 3.77. The number of hydrogen-bond acceptors (Lipinski definition) is 4. The smallest absolute Gasteiger partial charge is 0.323 e. The van der Waals surface area contributed by atoms with Gasteiger partial charge in [0.1, 0.15) is 5.54 Å². The Kier molecular flexibility index (Phi) is 6.61. The number of hydrogen-bond donors (Lipinski definition) is 2. The number of carboxylic acids is 1. The van der Waals surface area contributed by atoms with Gasteiger partial charge in [-0.25, -0.2) is 0 Å². The highest BCUT2D eigenvalue weighted by Crippen LogP contribution is 2.12. The number of nitrogens with one attached hydrogen (secondary N) is 1. The fourth-order valence-corrected chi connectivity index (χ4v) is 2.02. The summed E-state index contributed by atoms with van der Waals surface area (Å²) in [4.78, 5) is 17.4. The summed E-state index contributed by atoms with van der Waals surface area (Å²) in [5.41, 5.74) is 0.448. The number of pyridine rings is 1. The molecule has 0 radical (unpaired) electrons. The second kappa shape index (κ2) is 7.97. The summed E-state index contributed by atoms with van der Waals surface area (Å²) in [7, 11) is 3.76. The molecule has 1 aromatic rings. The zero-order valence-corrected chi connectivity index (χ0v) is 12.6. The molecular weight excluding hydrogens is 254 g/mol. The zero-order chi connectivity index (χ0) is 15.0. The van der Waals surface area contributed by atoms with E-state index >= 15 is 0 Å². The van der Waals surface area contributed by atoms with Gasteiger partial charge in [0, 0.05) is 18.9 Å². The maximum Gasteiger partial charge on any atom is 0.323 e. The Labute approximate surface area is 121 Å². The summed E-state index contributed by atoms with van der Waals surface area (Å²) in [5, 5.41) is 12.1. The highest BCUT2D eigenvalue weighted by molar-refractivity contribution is 5.78. The third kappa shape index (κ3) is 5.27. The van der Waals surface area contributed by atoms with Crippen LogP contribution in [0.4, 0.5) is 0 Å². The van der Waals surface area contributed by atoms with E-state index in [0.717, 1.165) is 25.9 Å². The molecule has 0 aliphatic heterocycles. The number of carboxylic acid groups (broad SMARTS) is 1. The van der Waals surface area contributed by atoms with Crippen molar-refractivity contribution in [2.24, 2.45) is 0 Å². The van der Waals surface area contributed by atoms with E-state index in [1.165, 1.54) is 5.56 Å². The zero-order valence-electron chi connectivity index (χ0n) is 12.6. The summed E-state index contributed by atoms with van der Waals surface area (Å²) in [6.45, 7) is 3.59. The van der Waals surface area contributed by atoms with E-state index < -0.39 is 11.5 Å². The van der Waals surface area contributed by atoms with E-state index in [1.54, 1.807) is 26.4 Å². The Bertz CT molecular complexity index is 411. The summed E-state index contributed by atoms with van der Waals surface area (Å²) in [6, 6.07) is 4.05. The molecule has 5 nitrogen and oxygen atoms in total. The first-order valence-electron chi connectivity index (χ1n) is 6.97. The lowest BCUT2D eigenvalue weighted by atomic mass is 9.96. The van der Waals surface area contributed by atoms with Crippen LogP contribution in [0.5, 0.6) is 0 Å². The first-order valence-corrected chi connectivity index (χ1v) is 6.97. The van der Waals surface area contributed by atoms with Crippen molar-refractivity contribution in [2.75, 3.05) is 27.2 Å². The number of rotatable bonds is 9. The number of aliphatic carboxylic acids is 1.